The quantitative estimate of drug-likeness (QED) is 0.386. The van der Waals surface area contributed by atoms with Gasteiger partial charge in [0.15, 0.2) is 0 Å². The van der Waals surface area contributed by atoms with Gasteiger partial charge in [0.1, 0.15) is 11.4 Å². The average molecular weight is 298 g/mol. The number of nitrogens with one attached hydrogen (secondary N) is 1. The Bertz CT molecular complexity index is 902. The molecule has 0 saturated carbocycles. The van der Waals surface area contributed by atoms with E-state index < -0.39 is 10.6 Å². The van der Waals surface area contributed by atoms with Gasteiger partial charge in [0.25, 0.3) is 5.82 Å². The Morgan fingerprint density at radius 2 is 2.00 bits per heavy atom. The molecule has 9 nitrogen and oxygen atoms in total. The minimum Gasteiger partial charge on any atom is -0.506 e. The minimum absolute atomic E-state index is 0.0892. The summed E-state index contributed by atoms with van der Waals surface area (Å²) in [6.45, 7) is 0. The van der Waals surface area contributed by atoms with Crippen molar-refractivity contribution in [1.82, 2.24) is 10.2 Å². The van der Waals surface area contributed by atoms with Crippen molar-refractivity contribution in [3.63, 3.8) is 0 Å². The molecule has 4 N–H and O–H groups in total. The zero-order valence-corrected chi connectivity index (χ0v) is 11.1. The highest BCUT2D eigenvalue weighted by atomic mass is 16.6. The molecule has 3 rings (SSSR count). The number of aromatic nitrogens is 2. The van der Waals surface area contributed by atoms with Crippen LogP contribution in [-0.2, 0) is 0 Å². The number of fused-ring (bicyclic) bond motifs is 1. The van der Waals surface area contributed by atoms with E-state index >= 15 is 0 Å². The van der Waals surface area contributed by atoms with E-state index in [2.05, 4.69) is 20.4 Å². The number of anilines is 1. The van der Waals surface area contributed by atoms with Crippen LogP contribution in [0.15, 0.2) is 46.6 Å². The lowest BCUT2D eigenvalue weighted by Gasteiger charge is -2.02. The van der Waals surface area contributed by atoms with E-state index in [-0.39, 0.29) is 23.1 Å². The van der Waals surface area contributed by atoms with Gasteiger partial charge in [-0.15, -0.1) is 15.3 Å². The third-order valence-corrected chi connectivity index (χ3v) is 3.06. The van der Waals surface area contributed by atoms with Crippen LogP contribution < -0.4 is 5.73 Å². The second-order valence-electron chi connectivity index (χ2n) is 4.42. The molecular formula is C13H10N6O3. The topological polar surface area (TPSA) is 143 Å². The van der Waals surface area contributed by atoms with Crippen molar-refractivity contribution in [3.05, 3.63) is 46.5 Å². The molecule has 0 atom stereocenters. The first kappa shape index (κ1) is 13.5. The number of rotatable bonds is 3. The van der Waals surface area contributed by atoms with Crippen LogP contribution in [0.1, 0.15) is 0 Å². The Hall–Kier alpha value is -3.49. The molecule has 0 bridgehead atoms. The van der Waals surface area contributed by atoms with Crippen molar-refractivity contribution in [2.45, 2.75) is 0 Å². The van der Waals surface area contributed by atoms with Crippen LogP contribution in [0.2, 0.25) is 0 Å². The van der Waals surface area contributed by atoms with Crippen LogP contribution in [-0.4, -0.2) is 20.2 Å². The van der Waals surface area contributed by atoms with Gasteiger partial charge in [-0.3, -0.25) is 15.2 Å². The summed E-state index contributed by atoms with van der Waals surface area (Å²) in [4.78, 5) is 10.2. The average Bonchev–Trinajstić information content (AvgIpc) is 2.87. The molecule has 0 aliphatic carbocycles. The summed E-state index contributed by atoms with van der Waals surface area (Å²) in [7, 11) is 0. The van der Waals surface area contributed by atoms with Gasteiger partial charge in [-0.1, -0.05) is 30.3 Å². The van der Waals surface area contributed by atoms with E-state index in [1.165, 1.54) is 6.07 Å². The largest absolute Gasteiger partial charge is 0.506 e. The van der Waals surface area contributed by atoms with E-state index in [1.807, 2.05) is 12.1 Å². The summed E-state index contributed by atoms with van der Waals surface area (Å²) >= 11 is 0. The maximum absolute atomic E-state index is 10.9. The van der Waals surface area contributed by atoms with E-state index in [0.29, 0.717) is 5.39 Å². The van der Waals surface area contributed by atoms with Crippen molar-refractivity contribution in [1.29, 1.82) is 0 Å². The number of phenolic OH excluding ortho intramolecular Hbond substituents is 1. The predicted molar refractivity (Wildman–Crippen MR) is 79.4 cm³/mol. The molecule has 22 heavy (non-hydrogen) atoms. The predicted octanol–water partition coefficient (Wildman–Crippen LogP) is 3.17. The number of hydrogen-bond acceptors (Lipinski definition) is 7. The van der Waals surface area contributed by atoms with Crippen molar-refractivity contribution in [2.75, 3.05) is 5.73 Å². The first-order valence-electron chi connectivity index (χ1n) is 6.18. The molecule has 0 saturated heterocycles. The van der Waals surface area contributed by atoms with Crippen molar-refractivity contribution < 1.29 is 10.0 Å². The normalized spacial score (nSPS) is 11.3. The fourth-order valence-electron chi connectivity index (χ4n) is 2.04. The van der Waals surface area contributed by atoms with E-state index in [4.69, 9.17) is 5.73 Å². The second-order valence-corrected chi connectivity index (χ2v) is 4.42. The van der Waals surface area contributed by atoms with E-state index in [1.54, 1.807) is 18.2 Å². The Balaban J connectivity index is 2.11. The SMILES string of the molecule is Nc1[nH]nc(N=Nc2c(O)ccc3ccccc23)c1[N+](=O)[O-]. The van der Waals surface area contributed by atoms with Crippen LogP contribution in [0.5, 0.6) is 5.75 Å². The standard InChI is InChI=1S/C13H10N6O3/c14-12-11(19(21)22)13(18-16-12)17-15-10-8-4-2-1-3-7(8)5-6-9(10)20/h1-6,20H,(H3,14,16,18). The summed E-state index contributed by atoms with van der Waals surface area (Å²) in [6.07, 6.45) is 0. The van der Waals surface area contributed by atoms with Crippen LogP contribution >= 0.6 is 0 Å². The van der Waals surface area contributed by atoms with Gasteiger partial charge in [-0.2, -0.15) is 0 Å². The number of nitro groups is 1. The van der Waals surface area contributed by atoms with Gasteiger partial charge in [0, 0.05) is 5.39 Å². The maximum atomic E-state index is 10.9. The molecule has 0 radical (unpaired) electrons. The number of hydrogen-bond donors (Lipinski definition) is 3. The molecule has 0 aliphatic heterocycles. The molecule has 3 aromatic rings. The molecule has 1 heterocycles. The lowest BCUT2D eigenvalue weighted by Crippen LogP contribution is -1.92. The van der Waals surface area contributed by atoms with Gasteiger partial charge in [-0.25, -0.2) is 0 Å². The number of benzene rings is 2. The third kappa shape index (κ3) is 2.20. The molecule has 2 aromatic carbocycles. The first-order chi connectivity index (χ1) is 10.6. The summed E-state index contributed by atoms with van der Waals surface area (Å²) in [5.41, 5.74) is 5.17. The molecule has 0 unspecified atom stereocenters. The molecule has 9 heteroatoms. The van der Waals surface area contributed by atoms with Crippen LogP contribution in [0.3, 0.4) is 0 Å². The minimum atomic E-state index is -0.698. The smallest absolute Gasteiger partial charge is 0.358 e. The highest BCUT2D eigenvalue weighted by Crippen LogP contribution is 2.37. The fraction of sp³-hybridized carbons (Fsp3) is 0. The van der Waals surface area contributed by atoms with Crippen molar-refractivity contribution in [3.8, 4) is 5.75 Å². The Labute approximate surface area is 123 Å². The number of phenols is 1. The number of aromatic hydroxyl groups is 1. The zero-order valence-electron chi connectivity index (χ0n) is 11.1. The van der Waals surface area contributed by atoms with Gasteiger partial charge in [0.2, 0.25) is 5.82 Å². The summed E-state index contributed by atoms with van der Waals surface area (Å²) in [5.74, 6) is -0.551. The summed E-state index contributed by atoms with van der Waals surface area (Å²) < 4.78 is 0. The number of H-pyrrole nitrogens is 1. The van der Waals surface area contributed by atoms with Crippen LogP contribution in [0, 0.1) is 10.1 Å². The summed E-state index contributed by atoms with van der Waals surface area (Å²) in [6, 6.07) is 10.5. The Kier molecular flexibility index (Phi) is 3.14. The van der Waals surface area contributed by atoms with Gasteiger partial charge in [-0.05, 0) is 11.5 Å². The lowest BCUT2D eigenvalue weighted by molar-refractivity contribution is -0.383. The molecule has 110 valence electrons. The van der Waals surface area contributed by atoms with Gasteiger partial charge in [0.05, 0.1) is 4.92 Å². The van der Waals surface area contributed by atoms with Gasteiger partial charge >= 0.3 is 5.69 Å². The third-order valence-electron chi connectivity index (χ3n) is 3.06. The molecule has 0 fully saturated rings. The van der Waals surface area contributed by atoms with Gasteiger partial charge < -0.3 is 10.8 Å². The van der Waals surface area contributed by atoms with Crippen molar-refractivity contribution in [2.24, 2.45) is 10.2 Å². The summed E-state index contributed by atoms with van der Waals surface area (Å²) in [5, 5.41) is 35.9. The lowest BCUT2D eigenvalue weighted by atomic mass is 10.1. The second kappa shape index (κ2) is 5.13. The van der Waals surface area contributed by atoms with Crippen LogP contribution in [0.25, 0.3) is 10.8 Å². The molecular weight excluding hydrogens is 288 g/mol. The number of azo groups is 1. The van der Waals surface area contributed by atoms with Crippen LogP contribution in [0.4, 0.5) is 23.0 Å². The Morgan fingerprint density at radius 3 is 2.77 bits per heavy atom. The fourth-order valence-corrected chi connectivity index (χ4v) is 2.04. The number of nitrogens with two attached hydrogens (primary N) is 1. The highest BCUT2D eigenvalue weighted by Gasteiger charge is 2.22. The molecule has 0 spiro atoms. The highest BCUT2D eigenvalue weighted by molar-refractivity contribution is 5.95. The molecule has 0 amide bonds. The maximum Gasteiger partial charge on any atom is 0.358 e. The number of nitrogens with zero attached hydrogens (tertiary/aromatic N) is 4. The van der Waals surface area contributed by atoms with E-state index in [0.717, 1.165) is 5.39 Å². The number of aromatic amines is 1. The zero-order chi connectivity index (χ0) is 15.7. The monoisotopic (exact) mass is 298 g/mol. The van der Waals surface area contributed by atoms with Crippen molar-refractivity contribution >= 4 is 33.8 Å². The first-order valence-corrected chi connectivity index (χ1v) is 6.18. The number of nitrogen functional groups attached to an aromatic ring is 1. The van der Waals surface area contributed by atoms with E-state index in [9.17, 15) is 15.2 Å². The molecule has 0 aliphatic rings. The Morgan fingerprint density at radius 1 is 1.23 bits per heavy atom. The molecule has 1 aromatic heterocycles.